The molecular weight excluding hydrogens is 416 g/mol. The van der Waals surface area contributed by atoms with Crippen LogP contribution < -0.4 is 14.9 Å². The van der Waals surface area contributed by atoms with Crippen LogP contribution in [0.15, 0.2) is 53.6 Å². The molecule has 1 N–H and O–H groups in total. The summed E-state index contributed by atoms with van der Waals surface area (Å²) in [6, 6.07) is 14.8. The topological polar surface area (TPSA) is 72.6 Å². The molecule has 2 heterocycles. The van der Waals surface area contributed by atoms with E-state index in [0.717, 1.165) is 30.6 Å². The van der Waals surface area contributed by atoms with Crippen LogP contribution in [0.2, 0.25) is 5.02 Å². The van der Waals surface area contributed by atoms with Gasteiger partial charge in [0, 0.05) is 19.0 Å². The van der Waals surface area contributed by atoms with Gasteiger partial charge in [0.1, 0.15) is 5.75 Å². The molecule has 164 valence electrons. The number of hydrogen-bond acceptors (Lipinski definition) is 6. The molecule has 4 rings (SSSR count). The second kappa shape index (κ2) is 9.36. The van der Waals surface area contributed by atoms with Crippen molar-refractivity contribution in [1.29, 1.82) is 0 Å². The van der Waals surface area contributed by atoms with Crippen molar-refractivity contribution in [2.45, 2.75) is 32.2 Å². The number of nitrogens with zero attached hydrogens (tertiary/aromatic N) is 3. The number of benzene rings is 2. The first-order chi connectivity index (χ1) is 15.0. The molecule has 1 unspecified atom stereocenters. The molecule has 2 aliphatic heterocycles. The highest BCUT2D eigenvalue weighted by Crippen LogP contribution is 2.41. The summed E-state index contributed by atoms with van der Waals surface area (Å²) in [5.41, 5.74) is 1.94. The largest absolute Gasteiger partial charge is 0.605 e. The van der Waals surface area contributed by atoms with Crippen molar-refractivity contribution in [3.8, 4) is 5.75 Å². The number of quaternary nitrogens is 1. The van der Waals surface area contributed by atoms with Crippen molar-refractivity contribution >= 4 is 28.9 Å². The van der Waals surface area contributed by atoms with E-state index >= 15 is 0 Å². The van der Waals surface area contributed by atoms with Gasteiger partial charge in [-0.3, -0.25) is 5.01 Å². The van der Waals surface area contributed by atoms with Crippen LogP contribution in [0, 0.1) is 11.1 Å². The standard InChI is InChI=1S/C23H27ClN4O3/c1-16-21(23(29)28(30)26-14-6-3-7-15-26)25-27(20-9-5-4-8-19(20)24)22(16)17-10-12-18(31-2)13-11-17/h4-5,8-13,16,22,28H,3,6-7,14-15H2,1-2H3/t16-,22+/m1/s1. The molecule has 7 nitrogen and oxygen atoms in total. The number of rotatable bonds is 5. The van der Waals surface area contributed by atoms with Crippen LogP contribution in [0.25, 0.3) is 0 Å². The van der Waals surface area contributed by atoms with Gasteiger partial charge in [0.2, 0.25) is 0 Å². The second-order valence-electron chi connectivity index (χ2n) is 7.97. The Labute approximate surface area is 187 Å². The summed E-state index contributed by atoms with van der Waals surface area (Å²) in [6.07, 6.45) is 2.96. The van der Waals surface area contributed by atoms with Gasteiger partial charge in [0.05, 0.1) is 23.9 Å². The molecule has 0 spiro atoms. The summed E-state index contributed by atoms with van der Waals surface area (Å²) < 4.78 is 5.28. The Balaban J connectivity index is 1.69. The molecule has 2 aliphatic rings. The number of ether oxygens (including phenoxy) is 1. The number of para-hydroxylation sites is 1. The lowest BCUT2D eigenvalue weighted by atomic mass is 9.91. The zero-order valence-corrected chi connectivity index (χ0v) is 18.5. The monoisotopic (exact) mass is 442 g/mol. The lowest BCUT2D eigenvalue weighted by Gasteiger charge is -2.34. The number of carbonyl (C=O) groups excluding carboxylic acids is 1. The molecule has 0 bridgehead atoms. The van der Waals surface area contributed by atoms with E-state index < -0.39 is 11.1 Å². The van der Waals surface area contributed by atoms with Gasteiger partial charge in [-0.2, -0.15) is 5.10 Å². The lowest BCUT2D eigenvalue weighted by Crippen LogP contribution is -3.17. The van der Waals surface area contributed by atoms with Crippen LogP contribution >= 0.6 is 11.6 Å². The summed E-state index contributed by atoms with van der Waals surface area (Å²) >= 11 is 6.47. The molecule has 0 aromatic heterocycles. The van der Waals surface area contributed by atoms with E-state index in [1.165, 1.54) is 0 Å². The molecule has 8 heteroatoms. The molecule has 0 saturated carbocycles. The molecule has 1 fully saturated rings. The third-order valence-electron chi connectivity index (χ3n) is 6.01. The maximum Gasteiger partial charge on any atom is 0.380 e. The number of carbonyl (C=O) groups is 1. The second-order valence-corrected chi connectivity index (χ2v) is 8.38. The molecule has 2 aromatic carbocycles. The average Bonchev–Trinajstić information content (AvgIpc) is 3.15. The van der Waals surface area contributed by atoms with Crippen LogP contribution in [0.1, 0.15) is 37.8 Å². The Morgan fingerprint density at radius 2 is 1.81 bits per heavy atom. The predicted octanol–water partition coefficient (Wildman–Crippen LogP) is 3.21. The van der Waals surface area contributed by atoms with Crippen LogP contribution in [0.5, 0.6) is 5.75 Å². The minimum absolute atomic E-state index is 0.265. The summed E-state index contributed by atoms with van der Waals surface area (Å²) in [4.78, 5) is 13.2. The number of amides is 1. The number of hydrazone groups is 1. The van der Waals surface area contributed by atoms with E-state index in [0.29, 0.717) is 23.8 Å². The van der Waals surface area contributed by atoms with Gasteiger partial charge in [-0.05, 0) is 42.7 Å². The Kier molecular flexibility index (Phi) is 6.57. The average molecular weight is 443 g/mol. The zero-order valence-electron chi connectivity index (χ0n) is 17.8. The van der Waals surface area contributed by atoms with Crippen LogP contribution in [-0.4, -0.2) is 36.8 Å². The van der Waals surface area contributed by atoms with Gasteiger partial charge in [0.25, 0.3) is 0 Å². The first-order valence-electron chi connectivity index (χ1n) is 10.6. The van der Waals surface area contributed by atoms with Crippen LogP contribution in [0.4, 0.5) is 5.69 Å². The van der Waals surface area contributed by atoms with Gasteiger partial charge in [-0.15, -0.1) is 5.01 Å². The highest BCUT2D eigenvalue weighted by atomic mass is 35.5. The normalized spacial score (nSPS) is 22.8. The first-order valence-corrected chi connectivity index (χ1v) is 11.0. The summed E-state index contributed by atoms with van der Waals surface area (Å²) in [5, 5.41) is 21.1. The zero-order chi connectivity index (χ0) is 22.0. The number of piperidine rings is 1. The van der Waals surface area contributed by atoms with Gasteiger partial charge in [0.15, 0.2) is 5.71 Å². The number of hydrogen-bond donors (Lipinski definition) is 1. The minimum Gasteiger partial charge on any atom is -0.605 e. The first kappa shape index (κ1) is 21.8. The minimum atomic E-state index is -0.525. The molecule has 3 atom stereocenters. The SMILES string of the molecule is COc1ccc([C@@H]2[C@H](C)C(C(=O)[NH+]([O-])N3CCCCC3)=NN2c2ccccc2Cl)cc1. The number of methoxy groups -OCH3 is 1. The summed E-state index contributed by atoms with van der Waals surface area (Å²) in [5.74, 6) is -0.0652. The Morgan fingerprint density at radius 1 is 1.13 bits per heavy atom. The molecule has 0 radical (unpaired) electrons. The number of nitrogens with one attached hydrogen (secondary N) is 1. The molecule has 1 amide bonds. The van der Waals surface area contributed by atoms with E-state index in [1.54, 1.807) is 23.2 Å². The maximum absolute atomic E-state index is 13.2. The molecule has 1 saturated heterocycles. The fraction of sp³-hybridized carbons (Fsp3) is 0.391. The van der Waals surface area contributed by atoms with Gasteiger partial charge in [-0.25, -0.2) is 9.97 Å². The number of halogens is 1. The predicted molar refractivity (Wildman–Crippen MR) is 121 cm³/mol. The highest BCUT2D eigenvalue weighted by Gasteiger charge is 2.43. The van der Waals surface area contributed by atoms with E-state index in [1.807, 2.05) is 49.4 Å². The summed E-state index contributed by atoms with van der Waals surface area (Å²) in [7, 11) is 1.62. The molecule has 2 aromatic rings. The van der Waals surface area contributed by atoms with Crippen molar-refractivity contribution in [2.24, 2.45) is 11.0 Å². The van der Waals surface area contributed by atoms with Gasteiger partial charge in [-0.1, -0.05) is 49.2 Å². The molecule has 0 aliphatic carbocycles. The molecule has 31 heavy (non-hydrogen) atoms. The van der Waals surface area contributed by atoms with E-state index in [9.17, 15) is 10.0 Å². The maximum atomic E-state index is 13.2. The quantitative estimate of drug-likeness (QED) is 0.720. The smallest absolute Gasteiger partial charge is 0.380 e. The van der Waals surface area contributed by atoms with E-state index in [-0.39, 0.29) is 17.7 Å². The van der Waals surface area contributed by atoms with Crippen molar-refractivity contribution < 1.29 is 14.7 Å². The lowest BCUT2D eigenvalue weighted by molar-refractivity contribution is -0.897. The number of anilines is 1. The van der Waals surface area contributed by atoms with Gasteiger partial charge < -0.3 is 9.94 Å². The van der Waals surface area contributed by atoms with E-state index in [4.69, 9.17) is 16.3 Å². The fourth-order valence-electron chi connectivity index (χ4n) is 4.31. The van der Waals surface area contributed by atoms with Crippen molar-refractivity contribution in [2.75, 3.05) is 25.2 Å². The van der Waals surface area contributed by atoms with Crippen molar-refractivity contribution in [3.63, 3.8) is 0 Å². The fourth-order valence-corrected chi connectivity index (χ4v) is 4.53. The third kappa shape index (κ3) is 4.32. The van der Waals surface area contributed by atoms with Gasteiger partial charge >= 0.3 is 5.91 Å². The molecular formula is C23H27ClN4O3. The van der Waals surface area contributed by atoms with Crippen molar-refractivity contribution in [3.05, 3.63) is 64.3 Å². The van der Waals surface area contributed by atoms with Crippen LogP contribution in [-0.2, 0) is 4.79 Å². The highest BCUT2D eigenvalue weighted by molar-refractivity contribution is 6.37. The van der Waals surface area contributed by atoms with Crippen LogP contribution in [0.3, 0.4) is 0 Å². The third-order valence-corrected chi connectivity index (χ3v) is 6.33. The Bertz CT molecular complexity index is 960. The Hall–Kier alpha value is -2.45. The number of hydroxylamine groups is 1. The van der Waals surface area contributed by atoms with Crippen molar-refractivity contribution in [1.82, 2.24) is 5.01 Å². The summed E-state index contributed by atoms with van der Waals surface area (Å²) in [6.45, 7) is 3.19. The van der Waals surface area contributed by atoms with E-state index in [2.05, 4.69) is 5.10 Å². The Morgan fingerprint density at radius 3 is 2.45 bits per heavy atom.